The molecule has 1 aromatic heterocycles. The van der Waals surface area contributed by atoms with Crippen LogP contribution in [0.5, 0.6) is 5.75 Å². The van der Waals surface area contributed by atoms with E-state index in [1.54, 1.807) is 17.0 Å². The molecular weight excluding hydrogens is 380 g/mol. The van der Waals surface area contributed by atoms with Crippen LogP contribution in [0, 0.1) is 0 Å². The van der Waals surface area contributed by atoms with E-state index in [2.05, 4.69) is 16.0 Å². The lowest BCUT2D eigenvalue weighted by atomic mass is 9.80. The summed E-state index contributed by atoms with van der Waals surface area (Å²) < 4.78 is 11.2. The standard InChI is InChI=1S/C23H30N4O3/c1-18(24)19-15-20(17-25-16-19)23(7-13-29-14-8-23)27-11-9-26(10-12-27)22(28)30-21-5-3-2-4-6-21/h2-6,15-18H,7-14,24H2,1H3/t18-/m0/s1. The number of benzene rings is 1. The molecule has 0 unspecified atom stereocenters. The summed E-state index contributed by atoms with van der Waals surface area (Å²) in [5.74, 6) is 0.574. The highest BCUT2D eigenvalue weighted by molar-refractivity contribution is 5.70. The van der Waals surface area contributed by atoms with Crippen LogP contribution in [0.15, 0.2) is 48.8 Å². The highest BCUT2D eigenvalue weighted by atomic mass is 16.6. The molecule has 2 fully saturated rings. The van der Waals surface area contributed by atoms with Gasteiger partial charge in [-0.15, -0.1) is 0 Å². The SMILES string of the molecule is C[C@H](N)c1cncc(C2(N3CCN(C(=O)Oc4ccccc4)CC3)CCOCC2)c1. The van der Waals surface area contributed by atoms with Crippen LogP contribution in [0.2, 0.25) is 0 Å². The summed E-state index contributed by atoms with van der Waals surface area (Å²) in [5.41, 5.74) is 8.22. The third-order valence-electron chi connectivity index (χ3n) is 6.23. The molecule has 1 aromatic carbocycles. The van der Waals surface area contributed by atoms with Crippen molar-refractivity contribution in [3.05, 3.63) is 59.9 Å². The number of carbonyl (C=O) groups is 1. The lowest BCUT2D eigenvalue weighted by Crippen LogP contribution is -2.58. The van der Waals surface area contributed by atoms with Crippen molar-refractivity contribution in [1.29, 1.82) is 0 Å². The number of nitrogens with zero attached hydrogens (tertiary/aromatic N) is 3. The maximum absolute atomic E-state index is 12.6. The fourth-order valence-electron chi connectivity index (χ4n) is 4.43. The Kier molecular flexibility index (Phi) is 6.32. The van der Waals surface area contributed by atoms with Crippen LogP contribution in [-0.2, 0) is 10.3 Å². The maximum Gasteiger partial charge on any atom is 0.415 e. The number of ether oxygens (including phenoxy) is 2. The Labute approximate surface area is 177 Å². The second-order valence-corrected chi connectivity index (χ2v) is 8.09. The molecule has 2 N–H and O–H groups in total. The quantitative estimate of drug-likeness (QED) is 0.835. The summed E-state index contributed by atoms with van der Waals surface area (Å²) in [7, 11) is 0. The number of carbonyl (C=O) groups excluding carboxylic acids is 1. The maximum atomic E-state index is 12.6. The second kappa shape index (κ2) is 9.12. The number of hydrogen-bond donors (Lipinski definition) is 1. The zero-order valence-corrected chi connectivity index (χ0v) is 17.5. The first kappa shape index (κ1) is 20.8. The van der Waals surface area contributed by atoms with Gasteiger partial charge in [0.25, 0.3) is 0 Å². The highest BCUT2D eigenvalue weighted by Crippen LogP contribution is 2.39. The number of amides is 1. The molecule has 0 radical (unpaired) electrons. The van der Waals surface area contributed by atoms with E-state index in [9.17, 15) is 4.79 Å². The molecule has 2 aromatic rings. The summed E-state index contributed by atoms with van der Waals surface area (Å²) in [4.78, 5) is 21.3. The average molecular weight is 411 g/mol. The van der Waals surface area contributed by atoms with Gasteiger partial charge in [0, 0.05) is 57.8 Å². The van der Waals surface area contributed by atoms with Crippen LogP contribution >= 0.6 is 0 Å². The zero-order chi connectivity index (χ0) is 21.0. The van der Waals surface area contributed by atoms with Crippen LogP contribution in [0.1, 0.15) is 36.9 Å². The van der Waals surface area contributed by atoms with Gasteiger partial charge in [0.1, 0.15) is 5.75 Å². The highest BCUT2D eigenvalue weighted by Gasteiger charge is 2.42. The lowest BCUT2D eigenvalue weighted by Gasteiger charge is -2.49. The molecular formula is C23H30N4O3. The van der Waals surface area contributed by atoms with Gasteiger partial charge in [0.05, 0.1) is 5.54 Å². The minimum Gasteiger partial charge on any atom is -0.410 e. The van der Waals surface area contributed by atoms with Crippen molar-refractivity contribution >= 4 is 6.09 Å². The van der Waals surface area contributed by atoms with Crippen LogP contribution in [-0.4, -0.2) is 60.3 Å². The Bertz CT molecular complexity index is 845. The smallest absolute Gasteiger partial charge is 0.410 e. The van der Waals surface area contributed by atoms with Gasteiger partial charge in [0.15, 0.2) is 0 Å². The van der Waals surface area contributed by atoms with Crippen LogP contribution < -0.4 is 10.5 Å². The van der Waals surface area contributed by atoms with Gasteiger partial charge in [-0.1, -0.05) is 18.2 Å². The third-order valence-corrected chi connectivity index (χ3v) is 6.23. The first-order valence-electron chi connectivity index (χ1n) is 10.6. The molecule has 160 valence electrons. The number of hydrogen-bond acceptors (Lipinski definition) is 6. The minimum atomic E-state index is -0.289. The normalized spacial score (nSPS) is 20.5. The molecule has 2 aliphatic rings. The predicted octanol–water partition coefficient (Wildman–Crippen LogP) is 2.92. The van der Waals surface area contributed by atoms with Crippen LogP contribution in [0.3, 0.4) is 0 Å². The van der Waals surface area contributed by atoms with Crippen LogP contribution in [0.25, 0.3) is 0 Å². The largest absolute Gasteiger partial charge is 0.415 e. The first-order valence-corrected chi connectivity index (χ1v) is 10.6. The van der Waals surface area contributed by atoms with E-state index in [1.165, 1.54) is 5.56 Å². The fraction of sp³-hybridized carbons (Fsp3) is 0.478. The van der Waals surface area contributed by atoms with E-state index < -0.39 is 0 Å². The number of nitrogens with two attached hydrogens (primary N) is 1. The van der Waals surface area contributed by atoms with Gasteiger partial charge in [0.2, 0.25) is 0 Å². The fourth-order valence-corrected chi connectivity index (χ4v) is 4.43. The summed E-state index contributed by atoms with van der Waals surface area (Å²) in [6.45, 7) is 6.26. The molecule has 7 nitrogen and oxygen atoms in total. The molecule has 2 aliphatic heterocycles. The Morgan fingerprint density at radius 2 is 1.83 bits per heavy atom. The average Bonchev–Trinajstić information content (AvgIpc) is 2.80. The van der Waals surface area contributed by atoms with Gasteiger partial charge in [-0.25, -0.2) is 4.79 Å². The van der Waals surface area contributed by atoms with E-state index in [1.807, 2.05) is 37.5 Å². The topological polar surface area (TPSA) is 80.9 Å². The molecule has 0 bridgehead atoms. The van der Waals surface area contributed by atoms with Crippen molar-refractivity contribution in [1.82, 2.24) is 14.8 Å². The van der Waals surface area contributed by atoms with Crippen LogP contribution in [0.4, 0.5) is 4.79 Å². The van der Waals surface area contributed by atoms with Crippen molar-refractivity contribution < 1.29 is 14.3 Å². The van der Waals surface area contributed by atoms with E-state index in [4.69, 9.17) is 15.2 Å². The van der Waals surface area contributed by atoms with Gasteiger partial charge < -0.3 is 20.1 Å². The summed E-state index contributed by atoms with van der Waals surface area (Å²) in [5, 5.41) is 0. The minimum absolute atomic E-state index is 0.0565. The van der Waals surface area contributed by atoms with E-state index in [0.29, 0.717) is 18.8 Å². The van der Waals surface area contributed by atoms with Gasteiger partial charge in [-0.3, -0.25) is 9.88 Å². The summed E-state index contributed by atoms with van der Waals surface area (Å²) >= 11 is 0. The number of rotatable bonds is 4. The Balaban J connectivity index is 1.48. The van der Waals surface area contributed by atoms with Crippen molar-refractivity contribution in [3.63, 3.8) is 0 Å². The van der Waals surface area contributed by atoms with E-state index in [0.717, 1.165) is 44.7 Å². The third kappa shape index (κ3) is 4.33. The van der Waals surface area contributed by atoms with E-state index >= 15 is 0 Å². The molecule has 0 spiro atoms. The molecule has 1 atom stereocenters. The van der Waals surface area contributed by atoms with Gasteiger partial charge in [-0.2, -0.15) is 0 Å². The number of pyridine rings is 1. The van der Waals surface area contributed by atoms with Crippen molar-refractivity contribution in [2.24, 2.45) is 5.73 Å². The Morgan fingerprint density at radius 3 is 2.50 bits per heavy atom. The number of aromatic nitrogens is 1. The molecule has 2 saturated heterocycles. The molecule has 7 heteroatoms. The van der Waals surface area contributed by atoms with Crippen molar-refractivity contribution in [2.75, 3.05) is 39.4 Å². The van der Waals surface area contributed by atoms with E-state index in [-0.39, 0.29) is 17.7 Å². The summed E-state index contributed by atoms with van der Waals surface area (Å²) in [6.07, 6.45) is 5.34. The molecule has 1 amide bonds. The van der Waals surface area contributed by atoms with Crippen molar-refractivity contribution in [2.45, 2.75) is 31.3 Å². The second-order valence-electron chi connectivity index (χ2n) is 8.09. The number of para-hydroxylation sites is 1. The molecule has 0 aliphatic carbocycles. The predicted molar refractivity (Wildman–Crippen MR) is 114 cm³/mol. The molecule has 30 heavy (non-hydrogen) atoms. The zero-order valence-electron chi connectivity index (χ0n) is 17.5. The van der Waals surface area contributed by atoms with Gasteiger partial charge in [-0.05, 0) is 49.1 Å². The number of piperazine rings is 1. The molecule has 3 heterocycles. The molecule has 0 saturated carbocycles. The summed E-state index contributed by atoms with van der Waals surface area (Å²) in [6, 6.07) is 11.4. The molecule has 4 rings (SSSR count). The van der Waals surface area contributed by atoms with Crippen molar-refractivity contribution in [3.8, 4) is 5.75 Å². The first-order chi connectivity index (χ1) is 14.6. The Morgan fingerprint density at radius 1 is 1.13 bits per heavy atom. The van der Waals surface area contributed by atoms with Gasteiger partial charge >= 0.3 is 6.09 Å². The monoisotopic (exact) mass is 410 g/mol. The Hall–Kier alpha value is -2.48. The lowest BCUT2D eigenvalue weighted by molar-refractivity contribution is -0.0485.